The summed E-state index contributed by atoms with van der Waals surface area (Å²) in [4.78, 5) is 12.6. The Hall–Kier alpha value is -3.90. The molecule has 0 amide bonds. The van der Waals surface area contributed by atoms with Gasteiger partial charge < -0.3 is 10.2 Å². The first-order valence-corrected chi connectivity index (χ1v) is 11.9. The quantitative estimate of drug-likeness (QED) is 0.250. The number of hydrogen-bond donors (Lipinski definition) is 1. The summed E-state index contributed by atoms with van der Waals surface area (Å²) < 4.78 is 2.07. The zero-order valence-electron chi connectivity index (χ0n) is 19.8. The van der Waals surface area contributed by atoms with Gasteiger partial charge in [0.05, 0.1) is 22.8 Å². The number of aryl methyl sites for hydroxylation is 1. The van der Waals surface area contributed by atoms with Crippen LogP contribution in [0.5, 0.6) is 0 Å². The van der Waals surface area contributed by atoms with E-state index < -0.39 is 0 Å². The number of nitrogens with zero attached hydrogens (tertiary/aromatic N) is 4. The van der Waals surface area contributed by atoms with Gasteiger partial charge in [-0.2, -0.15) is 0 Å². The largest absolute Gasteiger partial charge is 0.323 e. The van der Waals surface area contributed by atoms with Crippen LogP contribution < -0.4 is 5.32 Å². The molecule has 0 atom stereocenters. The lowest BCUT2D eigenvalue weighted by atomic mass is 10.2. The lowest BCUT2D eigenvalue weighted by Gasteiger charge is -2.27. The lowest BCUT2D eigenvalue weighted by molar-refractivity contribution is 0.496. The van der Waals surface area contributed by atoms with E-state index in [0.717, 1.165) is 27.8 Å². The monoisotopic (exact) mass is 467 g/mol. The summed E-state index contributed by atoms with van der Waals surface area (Å²) in [6, 6.07) is 22.8. The van der Waals surface area contributed by atoms with E-state index in [0.29, 0.717) is 18.2 Å². The van der Waals surface area contributed by atoms with Gasteiger partial charge in [-0.3, -0.25) is 9.56 Å². The number of allylic oxidation sites excluding steroid dienone is 1. The molecule has 5 nitrogen and oxygen atoms in total. The summed E-state index contributed by atoms with van der Waals surface area (Å²) in [5.41, 5.74) is 5.84. The van der Waals surface area contributed by atoms with Crippen molar-refractivity contribution in [2.45, 2.75) is 20.4 Å². The predicted octanol–water partition coefficient (Wildman–Crippen LogP) is 6.49. The molecule has 0 saturated heterocycles. The highest BCUT2D eigenvalue weighted by molar-refractivity contribution is 7.13. The van der Waals surface area contributed by atoms with E-state index in [1.165, 1.54) is 11.1 Å². The Morgan fingerprint density at radius 3 is 2.41 bits per heavy atom. The van der Waals surface area contributed by atoms with Crippen molar-refractivity contribution in [3.05, 3.63) is 114 Å². The third kappa shape index (κ3) is 5.18. The van der Waals surface area contributed by atoms with Gasteiger partial charge in [-0.25, -0.2) is 4.98 Å². The van der Waals surface area contributed by atoms with Crippen molar-refractivity contribution in [1.82, 2.24) is 19.8 Å². The van der Waals surface area contributed by atoms with Crippen molar-refractivity contribution in [1.29, 1.82) is 0 Å². The van der Waals surface area contributed by atoms with E-state index >= 15 is 0 Å². The highest BCUT2D eigenvalue weighted by atomic mass is 32.1. The lowest BCUT2D eigenvalue weighted by Crippen LogP contribution is -2.39. The van der Waals surface area contributed by atoms with Crippen LogP contribution in [0.4, 0.5) is 0 Å². The SMILES string of the molecule is C=C(NC(=NC)N(Cc1ccccc1)C(=C)C)c1nc(-c2cccs2)cn1-c1ccc(C)cc1. The number of rotatable bonds is 7. The molecule has 0 radical (unpaired) electrons. The number of imidazole rings is 1. The van der Waals surface area contributed by atoms with Crippen LogP contribution in [0.2, 0.25) is 0 Å². The number of thiophene rings is 1. The molecule has 0 saturated carbocycles. The first kappa shape index (κ1) is 23.3. The molecule has 0 bridgehead atoms. The normalized spacial score (nSPS) is 11.3. The van der Waals surface area contributed by atoms with Crippen molar-refractivity contribution in [2.75, 3.05) is 7.05 Å². The second-order valence-electron chi connectivity index (χ2n) is 8.09. The Kier molecular flexibility index (Phi) is 7.09. The third-order valence-electron chi connectivity index (χ3n) is 5.44. The molecule has 1 N–H and O–H groups in total. The second-order valence-corrected chi connectivity index (χ2v) is 9.04. The Bertz CT molecular complexity index is 1300. The van der Waals surface area contributed by atoms with Crippen LogP contribution >= 0.6 is 11.3 Å². The molecule has 0 spiro atoms. The van der Waals surface area contributed by atoms with Crippen molar-refractivity contribution in [3.8, 4) is 16.3 Å². The molecule has 2 heterocycles. The van der Waals surface area contributed by atoms with E-state index in [4.69, 9.17) is 4.98 Å². The smallest absolute Gasteiger partial charge is 0.202 e. The van der Waals surface area contributed by atoms with Gasteiger partial charge in [0.1, 0.15) is 0 Å². The third-order valence-corrected chi connectivity index (χ3v) is 6.33. The summed E-state index contributed by atoms with van der Waals surface area (Å²) in [7, 11) is 1.76. The van der Waals surface area contributed by atoms with Crippen molar-refractivity contribution in [2.24, 2.45) is 4.99 Å². The minimum atomic E-state index is 0.649. The minimum Gasteiger partial charge on any atom is -0.323 e. The van der Waals surface area contributed by atoms with Crippen molar-refractivity contribution >= 4 is 23.0 Å². The molecule has 0 aliphatic carbocycles. The van der Waals surface area contributed by atoms with Crippen LogP contribution in [0.1, 0.15) is 23.9 Å². The highest BCUT2D eigenvalue weighted by Gasteiger charge is 2.19. The molecule has 4 aromatic rings. The number of benzene rings is 2. The van der Waals surface area contributed by atoms with Crippen LogP contribution in [-0.2, 0) is 6.54 Å². The average Bonchev–Trinajstić information content (AvgIpc) is 3.52. The fourth-order valence-electron chi connectivity index (χ4n) is 3.63. The summed E-state index contributed by atoms with van der Waals surface area (Å²) in [5.74, 6) is 1.40. The predicted molar refractivity (Wildman–Crippen MR) is 144 cm³/mol. The van der Waals surface area contributed by atoms with Gasteiger partial charge in [0.2, 0.25) is 5.96 Å². The molecule has 4 rings (SSSR count). The zero-order chi connectivity index (χ0) is 24.1. The molecular formula is C28H29N5S. The average molecular weight is 468 g/mol. The highest BCUT2D eigenvalue weighted by Crippen LogP contribution is 2.27. The fourth-order valence-corrected chi connectivity index (χ4v) is 4.31. The molecule has 0 aliphatic heterocycles. The number of aliphatic imine (C=N–C) groups is 1. The summed E-state index contributed by atoms with van der Waals surface area (Å²) in [5, 5.41) is 5.46. The second kappa shape index (κ2) is 10.4. The molecule has 2 aromatic heterocycles. The Balaban J connectivity index is 1.66. The van der Waals surface area contributed by atoms with Crippen molar-refractivity contribution < 1.29 is 0 Å². The maximum atomic E-state index is 4.94. The molecule has 2 aromatic carbocycles. The van der Waals surface area contributed by atoms with Gasteiger partial charge in [-0.05, 0) is 43.0 Å². The van der Waals surface area contributed by atoms with Gasteiger partial charge in [-0.15, -0.1) is 11.3 Å². The number of aromatic nitrogens is 2. The topological polar surface area (TPSA) is 45.5 Å². The molecule has 172 valence electrons. The van der Waals surface area contributed by atoms with Gasteiger partial charge in [0.25, 0.3) is 0 Å². The van der Waals surface area contributed by atoms with E-state index in [-0.39, 0.29) is 0 Å². The standard InChI is InChI=1S/C28H29N5S/c1-20(2)32(18-23-10-7-6-8-11-23)28(29-5)30-22(4)27-31-25(26-12-9-17-34-26)19-33(27)24-15-13-21(3)14-16-24/h6-17,19H,1,4,18H2,2-3,5H3,(H,29,30). The first-order valence-electron chi connectivity index (χ1n) is 11.1. The molecule has 34 heavy (non-hydrogen) atoms. The van der Waals surface area contributed by atoms with Crippen LogP contribution in [0.15, 0.2) is 102 Å². The summed E-state index contributed by atoms with van der Waals surface area (Å²) in [6.07, 6.45) is 2.06. The van der Waals surface area contributed by atoms with Gasteiger partial charge in [0, 0.05) is 24.6 Å². The van der Waals surface area contributed by atoms with Crippen LogP contribution in [0, 0.1) is 6.92 Å². The summed E-state index contributed by atoms with van der Waals surface area (Å²) >= 11 is 1.67. The number of hydrogen-bond acceptors (Lipinski definition) is 3. The Morgan fingerprint density at radius 1 is 1.06 bits per heavy atom. The number of guanidine groups is 1. The zero-order valence-corrected chi connectivity index (χ0v) is 20.6. The van der Waals surface area contributed by atoms with Crippen molar-refractivity contribution in [3.63, 3.8) is 0 Å². The van der Waals surface area contributed by atoms with Crippen LogP contribution in [0.25, 0.3) is 22.0 Å². The molecular weight excluding hydrogens is 438 g/mol. The molecule has 0 aliphatic rings. The molecule has 0 fully saturated rings. The maximum absolute atomic E-state index is 4.94. The first-order chi connectivity index (χ1) is 16.5. The van der Waals surface area contributed by atoms with E-state index in [9.17, 15) is 0 Å². The van der Waals surface area contributed by atoms with E-state index in [1.54, 1.807) is 18.4 Å². The fraction of sp³-hybridized carbons (Fsp3) is 0.143. The Morgan fingerprint density at radius 2 is 1.79 bits per heavy atom. The van der Waals surface area contributed by atoms with Gasteiger partial charge in [0.15, 0.2) is 5.82 Å². The molecule has 0 unspecified atom stereocenters. The Labute approximate surface area is 205 Å². The summed E-state index contributed by atoms with van der Waals surface area (Å²) in [6.45, 7) is 13.2. The van der Waals surface area contributed by atoms with E-state index in [2.05, 4.69) is 89.0 Å². The van der Waals surface area contributed by atoms with Crippen LogP contribution in [-0.4, -0.2) is 27.5 Å². The number of nitrogens with one attached hydrogen (secondary N) is 1. The molecule has 6 heteroatoms. The minimum absolute atomic E-state index is 0.649. The van der Waals surface area contributed by atoms with Gasteiger partial charge in [-0.1, -0.05) is 67.3 Å². The van der Waals surface area contributed by atoms with Gasteiger partial charge >= 0.3 is 0 Å². The maximum Gasteiger partial charge on any atom is 0.202 e. The van der Waals surface area contributed by atoms with Crippen LogP contribution in [0.3, 0.4) is 0 Å². The van der Waals surface area contributed by atoms with E-state index in [1.807, 2.05) is 36.1 Å².